The number of nitrogens with zero attached hydrogens (tertiary/aromatic N) is 1. The maximum absolute atomic E-state index is 11.9. The normalized spacial score (nSPS) is 8.90. The average Bonchev–Trinajstić information content (AvgIpc) is 2.56. The zero-order chi connectivity index (χ0) is 15.5. The molecule has 0 saturated heterocycles. The molecule has 0 heterocycles. The van der Waals surface area contributed by atoms with Crippen molar-refractivity contribution in [1.29, 1.82) is 0 Å². The smallest absolute Gasteiger partial charge is 0.253 e. The summed E-state index contributed by atoms with van der Waals surface area (Å²) in [5.74, 6) is 0.0771. The van der Waals surface area contributed by atoms with Crippen LogP contribution in [0.3, 0.4) is 0 Å². The highest BCUT2D eigenvalue weighted by molar-refractivity contribution is 5.98. The van der Waals surface area contributed by atoms with Gasteiger partial charge in [-0.15, -0.1) is 0 Å². The number of amides is 1. The molecular weight excluding hydrogens is 246 g/mol. The van der Waals surface area contributed by atoms with Crippen LogP contribution in [0, 0.1) is 0 Å². The molecule has 0 aliphatic heterocycles. The number of carbonyl (C=O) groups is 1. The van der Waals surface area contributed by atoms with E-state index in [2.05, 4.69) is 0 Å². The molecule has 0 aliphatic carbocycles. The number of carbonyl (C=O) groups excluding carboxylic acids is 1. The second kappa shape index (κ2) is 10.0. The molecule has 2 nitrogen and oxygen atoms in total. The Kier molecular flexibility index (Phi) is 9.10. The van der Waals surface area contributed by atoms with E-state index in [1.54, 1.807) is 4.90 Å². The van der Waals surface area contributed by atoms with E-state index < -0.39 is 0 Å². The predicted molar refractivity (Wildman–Crippen MR) is 89.3 cm³/mol. The van der Waals surface area contributed by atoms with Gasteiger partial charge in [-0.3, -0.25) is 4.79 Å². The van der Waals surface area contributed by atoms with Crippen LogP contribution in [-0.4, -0.2) is 24.4 Å². The van der Waals surface area contributed by atoms with Crippen molar-refractivity contribution >= 4 is 16.7 Å². The molecule has 0 aliphatic rings. The third kappa shape index (κ3) is 4.69. The van der Waals surface area contributed by atoms with Gasteiger partial charge in [0.05, 0.1) is 0 Å². The molecule has 110 valence electrons. The molecule has 0 radical (unpaired) electrons. The molecule has 1 amide bonds. The third-order valence-corrected chi connectivity index (χ3v) is 2.82. The van der Waals surface area contributed by atoms with Crippen LogP contribution in [0.15, 0.2) is 42.5 Å². The topological polar surface area (TPSA) is 20.3 Å². The average molecular weight is 273 g/mol. The lowest BCUT2D eigenvalue weighted by atomic mass is 10.1. The Bertz CT molecular complexity index is 520. The summed E-state index contributed by atoms with van der Waals surface area (Å²) >= 11 is 0. The third-order valence-electron chi connectivity index (χ3n) is 2.82. The molecule has 2 aromatic rings. The van der Waals surface area contributed by atoms with Gasteiger partial charge in [-0.05, 0) is 29.8 Å². The van der Waals surface area contributed by atoms with Crippen LogP contribution in [0.4, 0.5) is 0 Å². The van der Waals surface area contributed by atoms with Crippen molar-refractivity contribution < 1.29 is 4.79 Å². The van der Waals surface area contributed by atoms with Gasteiger partial charge in [0.15, 0.2) is 0 Å². The molecule has 0 unspecified atom stereocenters. The van der Waals surface area contributed by atoms with Crippen LogP contribution in [0.25, 0.3) is 10.8 Å². The summed E-state index contributed by atoms with van der Waals surface area (Å²) in [6, 6.07) is 13.9. The van der Waals surface area contributed by atoms with Crippen LogP contribution in [-0.2, 0) is 0 Å². The van der Waals surface area contributed by atoms with Crippen LogP contribution in [0.5, 0.6) is 0 Å². The van der Waals surface area contributed by atoms with Crippen molar-refractivity contribution in [3.05, 3.63) is 48.0 Å². The highest BCUT2D eigenvalue weighted by Gasteiger charge is 2.09. The van der Waals surface area contributed by atoms with Crippen molar-refractivity contribution in [1.82, 2.24) is 4.90 Å². The molecule has 0 saturated carbocycles. The molecule has 0 aromatic heterocycles. The van der Waals surface area contributed by atoms with Crippen molar-refractivity contribution in [3.8, 4) is 0 Å². The van der Waals surface area contributed by atoms with Gasteiger partial charge < -0.3 is 4.90 Å². The molecule has 0 N–H and O–H groups in total. The molecule has 0 spiro atoms. The van der Waals surface area contributed by atoms with Gasteiger partial charge in [0.25, 0.3) is 5.91 Å². The first-order valence-electron chi connectivity index (χ1n) is 7.46. The minimum absolute atomic E-state index is 0.0771. The first-order valence-corrected chi connectivity index (χ1v) is 7.46. The lowest BCUT2D eigenvalue weighted by molar-refractivity contribution is 0.0802. The van der Waals surface area contributed by atoms with Gasteiger partial charge in [-0.2, -0.15) is 0 Å². The summed E-state index contributed by atoms with van der Waals surface area (Å²) in [6.07, 6.45) is 0. The van der Waals surface area contributed by atoms with Crippen molar-refractivity contribution in [2.45, 2.75) is 34.6 Å². The van der Waals surface area contributed by atoms with E-state index in [9.17, 15) is 4.79 Å². The zero-order valence-electron chi connectivity index (χ0n) is 13.6. The summed E-state index contributed by atoms with van der Waals surface area (Å²) in [4.78, 5) is 13.7. The van der Waals surface area contributed by atoms with Crippen LogP contribution < -0.4 is 0 Å². The number of hydrogen-bond donors (Lipinski definition) is 0. The van der Waals surface area contributed by atoms with Crippen molar-refractivity contribution in [2.75, 3.05) is 13.6 Å². The minimum atomic E-state index is 0.0771. The fourth-order valence-corrected chi connectivity index (χ4v) is 1.69. The summed E-state index contributed by atoms with van der Waals surface area (Å²) in [6.45, 7) is 10.7. The molecular formula is C18H27NO. The number of hydrogen-bond acceptors (Lipinski definition) is 1. The standard InChI is InChI=1S/C14H15NO.2C2H6/c1-3-15(2)14(16)13-9-8-11-6-4-5-7-12(11)10-13;2*1-2/h4-10H,3H2,1-2H3;2*1-2H3. The van der Waals surface area contributed by atoms with Gasteiger partial charge in [-0.25, -0.2) is 0 Å². The van der Waals surface area contributed by atoms with Gasteiger partial charge >= 0.3 is 0 Å². The van der Waals surface area contributed by atoms with E-state index in [1.165, 1.54) is 5.39 Å². The maximum atomic E-state index is 11.9. The number of benzene rings is 2. The highest BCUT2D eigenvalue weighted by Crippen LogP contribution is 2.16. The summed E-state index contributed by atoms with van der Waals surface area (Å²) in [7, 11) is 1.82. The van der Waals surface area contributed by atoms with Crippen molar-refractivity contribution in [3.63, 3.8) is 0 Å². The van der Waals surface area contributed by atoms with Gasteiger partial charge in [0.2, 0.25) is 0 Å². The van der Waals surface area contributed by atoms with Gasteiger partial charge in [0, 0.05) is 19.2 Å². The molecule has 0 bridgehead atoms. The first kappa shape index (κ1) is 18.2. The number of rotatable bonds is 2. The second-order valence-electron chi connectivity index (χ2n) is 3.88. The van der Waals surface area contributed by atoms with E-state index >= 15 is 0 Å². The lowest BCUT2D eigenvalue weighted by Gasteiger charge is -2.14. The fourth-order valence-electron chi connectivity index (χ4n) is 1.69. The molecule has 0 fully saturated rings. The van der Waals surface area contributed by atoms with E-state index in [-0.39, 0.29) is 5.91 Å². The molecule has 2 aromatic carbocycles. The monoisotopic (exact) mass is 273 g/mol. The van der Waals surface area contributed by atoms with Crippen molar-refractivity contribution in [2.24, 2.45) is 0 Å². The lowest BCUT2D eigenvalue weighted by Crippen LogP contribution is -2.26. The van der Waals surface area contributed by atoms with Crippen LogP contribution >= 0.6 is 0 Å². The Morgan fingerprint density at radius 2 is 1.50 bits per heavy atom. The quantitative estimate of drug-likeness (QED) is 0.755. The largest absolute Gasteiger partial charge is 0.342 e. The number of fused-ring (bicyclic) bond motifs is 1. The Morgan fingerprint density at radius 1 is 0.950 bits per heavy atom. The van der Waals surface area contributed by atoms with Gasteiger partial charge in [0.1, 0.15) is 0 Å². The van der Waals surface area contributed by atoms with E-state index in [1.807, 2.05) is 84.1 Å². The Balaban J connectivity index is 0.000000829. The molecule has 20 heavy (non-hydrogen) atoms. The Morgan fingerprint density at radius 3 is 2.05 bits per heavy atom. The van der Waals surface area contributed by atoms with E-state index in [0.29, 0.717) is 0 Å². The minimum Gasteiger partial charge on any atom is -0.342 e. The molecule has 2 rings (SSSR count). The summed E-state index contributed by atoms with van der Waals surface area (Å²) < 4.78 is 0. The zero-order valence-corrected chi connectivity index (χ0v) is 13.6. The van der Waals surface area contributed by atoms with E-state index in [0.717, 1.165) is 17.5 Å². The Labute approximate surface area is 123 Å². The van der Waals surface area contributed by atoms with Crippen LogP contribution in [0.2, 0.25) is 0 Å². The SMILES string of the molecule is CC.CC.CCN(C)C(=O)c1ccc2ccccc2c1. The molecule has 0 atom stereocenters. The van der Waals surface area contributed by atoms with Gasteiger partial charge in [-0.1, -0.05) is 58.0 Å². The summed E-state index contributed by atoms with van der Waals surface area (Å²) in [5, 5.41) is 2.27. The summed E-state index contributed by atoms with van der Waals surface area (Å²) in [5.41, 5.74) is 0.753. The second-order valence-corrected chi connectivity index (χ2v) is 3.88. The first-order chi connectivity index (χ1) is 9.72. The molecule has 2 heteroatoms. The van der Waals surface area contributed by atoms with Crippen LogP contribution in [0.1, 0.15) is 45.0 Å². The van der Waals surface area contributed by atoms with E-state index in [4.69, 9.17) is 0 Å². The fraction of sp³-hybridized carbons (Fsp3) is 0.389. The highest BCUT2D eigenvalue weighted by atomic mass is 16.2. The predicted octanol–water partition coefficient (Wildman–Crippen LogP) is 4.98. The maximum Gasteiger partial charge on any atom is 0.253 e. The Hall–Kier alpha value is -1.83.